The Bertz CT molecular complexity index is 853. The lowest BCUT2D eigenvalue weighted by molar-refractivity contribution is 0.597. The summed E-state index contributed by atoms with van der Waals surface area (Å²) in [6, 6.07) is 5.30. The zero-order valence-corrected chi connectivity index (χ0v) is 12.1. The minimum Gasteiger partial charge on any atom is -0.368 e. The normalized spacial score (nSPS) is 11.7. The van der Waals surface area contributed by atoms with E-state index in [2.05, 4.69) is 25.2 Å². The summed E-state index contributed by atoms with van der Waals surface area (Å²) in [5.74, 6) is 0.319. The van der Waals surface area contributed by atoms with E-state index in [0.717, 1.165) is 0 Å². The lowest BCUT2D eigenvalue weighted by Crippen LogP contribution is -2.16. The van der Waals surface area contributed by atoms with Gasteiger partial charge < -0.3 is 5.32 Å². The lowest BCUT2D eigenvalue weighted by atomic mass is 10.5. The molecule has 21 heavy (non-hydrogen) atoms. The van der Waals surface area contributed by atoms with Gasteiger partial charge in [-0.15, -0.1) is 0 Å². The molecule has 0 saturated carbocycles. The average Bonchev–Trinajstić information content (AvgIpc) is 3.05. The molecule has 0 aromatic carbocycles. The van der Waals surface area contributed by atoms with Crippen LogP contribution in [0.15, 0.2) is 41.8 Å². The van der Waals surface area contributed by atoms with Crippen molar-refractivity contribution in [2.75, 3.05) is 16.6 Å². The van der Waals surface area contributed by atoms with Crippen molar-refractivity contribution in [2.24, 2.45) is 0 Å². The maximum Gasteiger partial charge on any atom is 0.281 e. The van der Waals surface area contributed by atoms with Crippen LogP contribution in [0.3, 0.4) is 0 Å². The summed E-state index contributed by atoms with van der Waals surface area (Å²) < 4.78 is 29.2. The Kier molecular flexibility index (Phi) is 3.26. The van der Waals surface area contributed by atoms with E-state index in [1.165, 1.54) is 16.8 Å². The van der Waals surface area contributed by atoms with Crippen molar-refractivity contribution in [2.45, 2.75) is 11.9 Å². The minimum atomic E-state index is -3.79. The molecule has 0 bridgehead atoms. The molecule has 0 amide bonds. The van der Waals surface area contributed by atoms with Crippen LogP contribution < -0.4 is 10.0 Å². The fourth-order valence-electron chi connectivity index (χ4n) is 2.02. The summed E-state index contributed by atoms with van der Waals surface area (Å²) >= 11 is 0. The van der Waals surface area contributed by atoms with Gasteiger partial charge in [0.15, 0.2) is 5.82 Å². The number of pyridine rings is 1. The number of nitrogens with one attached hydrogen (secondary N) is 3. The van der Waals surface area contributed by atoms with E-state index in [4.69, 9.17) is 0 Å². The zero-order chi connectivity index (χ0) is 14.9. The maximum atomic E-state index is 12.6. The summed E-state index contributed by atoms with van der Waals surface area (Å²) in [5, 5.41) is 9.33. The van der Waals surface area contributed by atoms with E-state index in [1.807, 2.05) is 6.92 Å². The quantitative estimate of drug-likeness (QED) is 0.659. The van der Waals surface area contributed by atoms with Crippen LogP contribution in [0.2, 0.25) is 0 Å². The van der Waals surface area contributed by atoms with Gasteiger partial charge in [0.2, 0.25) is 5.03 Å². The molecule has 8 nitrogen and oxygen atoms in total. The summed E-state index contributed by atoms with van der Waals surface area (Å²) in [4.78, 5) is 4.31. The van der Waals surface area contributed by atoms with Crippen molar-refractivity contribution >= 4 is 27.2 Å². The smallest absolute Gasteiger partial charge is 0.281 e. The molecule has 0 spiro atoms. The predicted octanol–water partition coefficient (Wildman–Crippen LogP) is 1.29. The molecule has 0 atom stereocenters. The van der Waals surface area contributed by atoms with Crippen LogP contribution in [-0.2, 0) is 10.0 Å². The Morgan fingerprint density at radius 3 is 2.95 bits per heavy atom. The first-order valence-electron chi connectivity index (χ1n) is 6.34. The van der Waals surface area contributed by atoms with Crippen LogP contribution in [-0.4, -0.2) is 34.5 Å². The number of anilines is 2. The number of hydrogen-bond acceptors (Lipinski definition) is 5. The van der Waals surface area contributed by atoms with Crippen LogP contribution in [0.25, 0.3) is 5.65 Å². The lowest BCUT2D eigenvalue weighted by Gasteiger charge is -2.08. The molecule has 0 radical (unpaired) electrons. The SMILES string of the molecule is CCNc1nc2ccccn2c1S(=O)(=O)Nc1cn[nH]c1. The number of nitrogens with zero attached hydrogens (tertiary/aromatic N) is 3. The highest BCUT2D eigenvalue weighted by molar-refractivity contribution is 7.92. The Labute approximate surface area is 121 Å². The third kappa shape index (κ3) is 2.42. The number of fused-ring (bicyclic) bond motifs is 1. The number of rotatable bonds is 5. The highest BCUT2D eigenvalue weighted by atomic mass is 32.2. The van der Waals surface area contributed by atoms with Gasteiger partial charge in [-0.3, -0.25) is 14.2 Å². The first-order chi connectivity index (χ1) is 10.1. The van der Waals surface area contributed by atoms with Gasteiger partial charge in [0.25, 0.3) is 10.0 Å². The molecule has 3 aromatic heterocycles. The maximum absolute atomic E-state index is 12.6. The second kappa shape index (κ2) is 5.09. The molecule has 3 aromatic rings. The van der Waals surface area contributed by atoms with Crippen molar-refractivity contribution in [3.05, 3.63) is 36.8 Å². The fraction of sp³-hybridized carbons (Fsp3) is 0.167. The number of aromatic nitrogens is 4. The predicted molar refractivity (Wildman–Crippen MR) is 78.8 cm³/mol. The molecular formula is C12H14N6O2S. The first kappa shape index (κ1) is 13.4. The van der Waals surface area contributed by atoms with Gasteiger partial charge in [-0.05, 0) is 19.1 Å². The van der Waals surface area contributed by atoms with E-state index in [-0.39, 0.29) is 5.03 Å². The van der Waals surface area contributed by atoms with Crippen molar-refractivity contribution < 1.29 is 8.42 Å². The zero-order valence-electron chi connectivity index (χ0n) is 11.2. The van der Waals surface area contributed by atoms with Crippen molar-refractivity contribution in [1.82, 2.24) is 19.6 Å². The number of sulfonamides is 1. The van der Waals surface area contributed by atoms with Crippen molar-refractivity contribution in [3.8, 4) is 0 Å². The van der Waals surface area contributed by atoms with Crippen molar-refractivity contribution in [3.63, 3.8) is 0 Å². The average molecular weight is 306 g/mol. The summed E-state index contributed by atoms with van der Waals surface area (Å²) in [7, 11) is -3.79. The Morgan fingerprint density at radius 1 is 1.38 bits per heavy atom. The first-order valence-corrected chi connectivity index (χ1v) is 7.82. The molecule has 0 aliphatic heterocycles. The van der Waals surface area contributed by atoms with Crippen LogP contribution in [0.4, 0.5) is 11.5 Å². The van der Waals surface area contributed by atoms with E-state index < -0.39 is 10.0 Å². The Balaban J connectivity index is 2.15. The van der Waals surface area contributed by atoms with Gasteiger partial charge in [-0.1, -0.05) is 6.07 Å². The fourth-order valence-corrected chi connectivity index (χ4v) is 3.33. The third-order valence-corrected chi connectivity index (χ3v) is 4.24. The molecule has 0 unspecified atom stereocenters. The second-order valence-electron chi connectivity index (χ2n) is 4.32. The highest BCUT2D eigenvalue weighted by Gasteiger charge is 2.25. The number of aromatic amines is 1. The van der Waals surface area contributed by atoms with Gasteiger partial charge >= 0.3 is 0 Å². The van der Waals surface area contributed by atoms with Gasteiger partial charge in [0.05, 0.1) is 11.9 Å². The molecule has 3 heterocycles. The molecular weight excluding hydrogens is 292 g/mol. The van der Waals surface area contributed by atoms with Gasteiger partial charge in [-0.2, -0.15) is 13.5 Å². The van der Waals surface area contributed by atoms with Crippen LogP contribution >= 0.6 is 0 Å². The minimum absolute atomic E-state index is 0.0705. The molecule has 3 rings (SSSR count). The number of imidazole rings is 1. The number of hydrogen-bond donors (Lipinski definition) is 3. The summed E-state index contributed by atoms with van der Waals surface area (Å²) in [5.41, 5.74) is 0.921. The van der Waals surface area contributed by atoms with Crippen molar-refractivity contribution in [1.29, 1.82) is 0 Å². The van der Waals surface area contributed by atoms with Gasteiger partial charge in [0.1, 0.15) is 5.65 Å². The van der Waals surface area contributed by atoms with E-state index in [9.17, 15) is 8.42 Å². The third-order valence-electron chi connectivity index (χ3n) is 2.84. The molecule has 0 saturated heterocycles. The van der Waals surface area contributed by atoms with Crippen LogP contribution in [0, 0.1) is 0 Å². The van der Waals surface area contributed by atoms with Gasteiger partial charge in [-0.25, -0.2) is 4.98 Å². The van der Waals surface area contributed by atoms with E-state index >= 15 is 0 Å². The molecule has 110 valence electrons. The largest absolute Gasteiger partial charge is 0.368 e. The Hall–Kier alpha value is -2.55. The molecule has 0 aliphatic rings. The monoisotopic (exact) mass is 306 g/mol. The van der Waals surface area contributed by atoms with Crippen LogP contribution in [0.1, 0.15) is 6.92 Å². The van der Waals surface area contributed by atoms with E-state index in [0.29, 0.717) is 23.7 Å². The molecule has 3 N–H and O–H groups in total. The highest BCUT2D eigenvalue weighted by Crippen LogP contribution is 2.24. The molecule has 0 aliphatic carbocycles. The molecule has 9 heteroatoms. The number of H-pyrrole nitrogens is 1. The van der Waals surface area contributed by atoms with E-state index in [1.54, 1.807) is 24.4 Å². The standard InChI is InChI=1S/C12H14N6O2S/c1-2-13-11-12(18-6-4-3-5-10(18)16-11)21(19,20)17-9-7-14-15-8-9/h3-8,13,17H,2H2,1H3,(H,14,15). The second-order valence-corrected chi connectivity index (χ2v) is 5.91. The Morgan fingerprint density at radius 2 is 2.24 bits per heavy atom. The summed E-state index contributed by atoms with van der Waals surface area (Å²) in [6.07, 6.45) is 4.52. The van der Waals surface area contributed by atoms with Crippen LogP contribution in [0.5, 0.6) is 0 Å². The topological polar surface area (TPSA) is 104 Å². The molecule has 0 fully saturated rings. The summed E-state index contributed by atoms with van der Waals surface area (Å²) in [6.45, 7) is 2.45. The van der Waals surface area contributed by atoms with Gasteiger partial charge in [0, 0.05) is 18.9 Å².